The summed E-state index contributed by atoms with van der Waals surface area (Å²) in [5, 5.41) is 5.77. The van der Waals surface area contributed by atoms with Crippen molar-refractivity contribution in [1.29, 1.82) is 0 Å². The summed E-state index contributed by atoms with van der Waals surface area (Å²) in [5.74, 6) is 0.717. The van der Waals surface area contributed by atoms with E-state index in [1.165, 1.54) is 5.56 Å². The minimum atomic E-state index is -0.894. The maximum atomic E-state index is 12.5. The smallest absolute Gasteiger partial charge is 0.268 e. The average molecular weight is 336 g/mol. The normalized spacial score (nSPS) is 23.0. The van der Waals surface area contributed by atoms with Crippen molar-refractivity contribution in [2.75, 3.05) is 10.6 Å². The summed E-state index contributed by atoms with van der Waals surface area (Å²) in [6, 6.07) is 15.4. The highest BCUT2D eigenvalue weighted by atomic mass is 16.5. The van der Waals surface area contributed by atoms with Crippen LogP contribution in [0.1, 0.15) is 31.7 Å². The fraction of sp³-hybridized carbons (Fsp3) is 0.300. The molecule has 5 nitrogen and oxygen atoms in total. The van der Waals surface area contributed by atoms with Gasteiger partial charge in [0, 0.05) is 11.6 Å². The lowest BCUT2D eigenvalue weighted by molar-refractivity contribution is -0.129. The summed E-state index contributed by atoms with van der Waals surface area (Å²) in [7, 11) is 0. The van der Waals surface area contributed by atoms with Crippen molar-refractivity contribution in [3.8, 4) is 5.75 Å². The van der Waals surface area contributed by atoms with Crippen LogP contribution in [0.15, 0.2) is 48.5 Å². The molecule has 0 spiro atoms. The lowest BCUT2D eigenvalue weighted by Gasteiger charge is -2.31. The largest absolute Gasteiger partial charge is 0.476 e. The van der Waals surface area contributed by atoms with Crippen LogP contribution in [0.25, 0.3) is 0 Å². The minimum Gasteiger partial charge on any atom is -0.476 e. The second-order valence-corrected chi connectivity index (χ2v) is 7.13. The van der Waals surface area contributed by atoms with E-state index in [0.29, 0.717) is 23.0 Å². The highest BCUT2D eigenvalue weighted by Gasteiger charge is 2.44. The van der Waals surface area contributed by atoms with Crippen LogP contribution in [0.4, 0.5) is 11.4 Å². The van der Waals surface area contributed by atoms with E-state index >= 15 is 0 Å². The van der Waals surface area contributed by atoms with E-state index in [2.05, 4.69) is 22.8 Å². The third-order valence-corrected chi connectivity index (χ3v) is 4.76. The molecule has 0 bridgehead atoms. The third kappa shape index (κ3) is 2.97. The van der Waals surface area contributed by atoms with Crippen molar-refractivity contribution in [1.82, 2.24) is 0 Å². The Hall–Kier alpha value is -2.82. The van der Waals surface area contributed by atoms with Crippen molar-refractivity contribution in [3.63, 3.8) is 0 Å². The molecule has 2 aliphatic rings. The number of nitrogens with one attached hydrogen (secondary N) is 2. The molecule has 0 saturated heterocycles. The zero-order valence-corrected chi connectivity index (χ0v) is 14.2. The molecular formula is C20H20N2O3. The van der Waals surface area contributed by atoms with Crippen molar-refractivity contribution >= 4 is 23.2 Å². The van der Waals surface area contributed by atoms with Crippen LogP contribution in [-0.4, -0.2) is 17.4 Å². The van der Waals surface area contributed by atoms with Crippen molar-refractivity contribution in [3.05, 3.63) is 54.1 Å². The highest BCUT2D eigenvalue weighted by Crippen LogP contribution is 2.48. The van der Waals surface area contributed by atoms with Crippen molar-refractivity contribution < 1.29 is 14.3 Å². The van der Waals surface area contributed by atoms with Crippen LogP contribution >= 0.6 is 0 Å². The number of carbonyl (C=O) groups excluding carboxylic acids is 2. The van der Waals surface area contributed by atoms with Gasteiger partial charge < -0.3 is 15.4 Å². The molecule has 0 radical (unpaired) electrons. The molecule has 1 aliphatic heterocycles. The predicted molar refractivity (Wildman–Crippen MR) is 95.7 cm³/mol. The van der Waals surface area contributed by atoms with E-state index in [0.717, 1.165) is 6.42 Å². The number of hydrogen-bond acceptors (Lipinski definition) is 3. The van der Waals surface area contributed by atoms with Crippen molar-refractivity contribution in [2.24, 2.45) is 5.92 Å². The molecule has 2 aromatic rings. The Morgan fingerprint density at radius 2 is 1.96 bits per heavy atom. The van der Waals surface area contributed by atoms with E-state index in [1.807, 2.05) is 18.2 Å². The standard InChI is InChI=1S/C20H20N2O3/c1-20(2)19(24)22-16-10-13(8-9-17(16)25-20)21-18(23)15-11-14(15)12-6-4-3-5-7-12/h3-10,14-15H,11H2,1-2H3,(H,21,23)(H,22,24)/t14-,15+/m0/s1. The number of anilines is 2. The Bertz CT molecular complexity index is 845. The molecule has 0 unspecified atom stereocenters. The first-order valence-electron chi connectivity index (χ1n) is 8.44. The second-order valence-electron chi connectivity index (χ2n) is 7.13. The van der Waals surface area contributed by atoms with Gasteiger partial charge in [-0.15, -0.1) is 0 Å². The number of benzene rings is 2. The Balaban J connectivity index is 1.45. The molecular weight excluding hydrogens is 316 g/mol. The lowest BCUT2D eigenvalue weighted by Crippen LogP contribution is -2.45. The van der Waals surface area contributed by atoms with E-state index in [9.17, 15) is 9.59 Å². The summed E-state index contributed by atoms with van der Waals surface area (Å²) in [4.78, 5) is 24.5. The van der Waals surface area contributed by atoms with Gasteiger partial charge in [-0.3, -0.25) is 9.59 Å². The molecule has 2 N–H and O–H groups in total. The molecule has 1 aliphatic carbocycles. The first kappa shape index (κ1) is 15.7. The van der Waals surface area contributed by atoms with E-state index < -0.39 is 5.60 Å². The van der Waals surface area contributed by atoms with E-state index in [4.69, 9.17) is 4.74 Å². The molecule has 1 fully saturated rings. The molecule has 25 heavy (non-hydrogen) atoms. The van der Waals surface area contributed by atoms with Gasteiger partial charge in [0.05, 0.1) is 5.69 Å². The van der Waals surface area contributed by atoms with Crippen LogP contribution in [0.5, 0.6) is 5.75 Å². The SMILES string of the molecule is CC1(C)Oc2ccc(NC(=O)[C@@H]3C[C@H]3c3ccccc3)cc2NC1=O. The Kier molecular flexibility index (Phi) is 3.53. The fourth-order valence-electron chi connectivity index (χ4n) is 3.18. The highest BCUT2D eigenvalue weighted by molar-refractivity contribution is 6.01. The summed E-state index contributed by atoms with van der Waals surface area (Å²) in [5.41, 5.74) is 1.55. The van der Waals surface area contributed by atoms with Crippen LogP contribution in [0.3, 0.4) is 0 Å². The average Bonchev–Trinajstić information content (AvgIpc) is 3.38. The van der Waals surface area contributed by atoms with Crippen LogP contribution in [0, 0.1) is 5.92 Å². The molecule has 2 atom stereocenters. The first-order valence-corrected chi connectivity index (χ1v) is 8.44. The third-order valence-electron chi connectivity index (χ3n) is 4.76. The summed E-state index contributed by atoms with van der Waals surface area (Å²) >= 11 is 0. The Morgan fingerprint density at radius 3 is 2.72 bits per heavy atom. The summed E-state index contributed by atoms with van der Waals surface area (Å²) < 4.78 is 5.70. The van der Waals surface area contributed by atoms with E-state index in [-0.39, 0.29) is 17.7 Å². The molecule has 2 amide bonds. The maximum absolute atomic E-state index is 12.5. The molecule has 5 heteroatoms. The van der Waals surface area contributed by atoms with Gasteiger partial charge in [0.15, 0.2) is 5.60 Å². The molecule has 1 heterocycles. The van der Waals surface area contributed by atoms with Gasteiger partial charge in [-0.25, -0.2) is 0 Å². The van der Waals surface area contributed by atoms with Crippen LogP contribution < -0.4 is 15.4 Å². The Labute approximate surface area is 146 Å². The van der Waals surface area contributed by atoms with Gasteiger partial charge in [-0.2, -0.15) is 0 Å². The number of rotatable bonds is 3. The predicted octanol–water partition coefficient (Wildman–Crippen LogP) is 3.54. The van der Waals surface area contributed by atoms with E-state index in [1.54, 1.807) is 32.0 Å². The molecule has 4 rings (SSSR count). The molecule has 1 saturated carbocycles. The number of ether oxygens (including phenoxy) is 1. The van der Waals surface area contributed by atoms with Gasteiger partial charge in [-0.1, -0.05) is 30.3 Å². The zero-order valence-electron chi connectivity index (χ0n) is 14.2. The first-order chi connectivity index (χ1) is 11.9. The van der Waals surface area contributed by atoms with Gasteiger partial charge >= 0.3 is 0 Å². The van der Waals surface area contributed by atoms with Crippen LogP contribution in [-0.2, 0) is 9.59 Å². The molecule has 0 aromatic heterocycles. The number of hydrogen-bond donors (Lipinski definition) is 2. The van der Waals surface area contributed by atoms with Gasteiger partial charge in [0.25, 0.3) is 5.91 Å². The topological polar surface area (TPSA) is 67.4 Å². The Morgan fingerprint density at radius 1 is 1.20 bits per heavy atom. The number of carbonyl (C=O) groups is 2. The number of fused-ring (bicyclic) bond motifs is 1. The monoisotopic (exact) mass is 336 g/mol. The van der Waals surface area contributed by atoms with Crippen LogP contribution in [0.2, 0.25) is 0 Å². The zero-order chi connectivity index (χ0) is 17.6. The maximum Gasteiger partial charge on any atom is 0.268 e. The van der Waals surface area contributed by atoms with Crippen molar-refractivity contribution in [2.45, 2.75) is 31.8 Å². The van der Waals surface area contributed by atoms with Gasteiger partial charge in [0.2, 0.25) is 5.91 Å². The quantitative estimate of drug-likeness (QED) is 0.901. The molecule has 2 aromatic carbocycles. The summed E-state index contributed by atoms with van der Waals surface area (Å²) in [6.45, 7) is 3.44. The number of amides is 2. The lowest BCUT2D eigenvalue weighted by atomic mass is 10.1. The fourth-order valence-corrected chi connectivity index (χ4v) is 3.18. The summed E-state index contributed by atoms with van der Waals surface area (Å²) in [6.07, 6.45) is 0.870. The minimum absolute atomic E-state index is 0.00297. The van der Waals surface area contributed by atoms with Gasteiger partial charge in [0.1, 0.15) is 5.75 Å². The van der Waals surface area contributed by atoms with Gasteiger partial charge in [-0.05, 0) is 49.9 Å². The molecule has 128 valence electrons. The second kappa shape index (κ2) is 5.62.